The van der Waals surface area contributed by atoms with Crippen LogP contribution < -0.4 is 10.1 Å². The molecule has 1 aromatic heterocycles. The molecule has 0 aliphatic rings. The lowest BCUT2D eigenvalue weighted by Gasteiger charge is -2.14. The van der Waals surface area contributed by atoms with E-state index in [1.165, 1.54) is 0 Å². The van der Waals surface area contributed by atoms with Crippen LogP contribution in [-0.4, -0.2) is 18.0 Å². The van der Waals surface area contributed by atoms with E-state index in [1.54, 1.807) is 13.3 Å². The van der Waals surface area contributed by atoms with Crippen molar-refractivity contribution in [3.63, 3.8) is 0 Å². The second kappa shape index (κ2) is 6.71. The van der Waals surface area contributed by atoms with Crippen molar-refractivity contribution in [3.05, 3.63) is 65.9 Å². The summed E-state index contributed by atoms with van der Waals surface area (Å²) in [4.78, 5) is 16.7. The van der Waals surface area contributed by atoms with Crippen LogP contribution in [0.3, 0.4) is 0 Å². The van der Waals surface area contributed by atoms with Gasteiger partial charge in [-0.3, -0.25) is 4.79 Å². The van der Waals surface area contributed by atoms with Crippen LogP contribution in [0.2, 0.25) is 0 Å². The molecule has 0 aliphatic carbocycles. The third-order valence-electron chi connectivity index (χ3n) is 4.22. The first-order valence-electron chi connectivity index (χ1n) is 7.88. The van der Waals surface area contributed by atoms with Gasteiger partial charge in [0.1, 0.15) is 11.6 Å². The molecule has 24 heavy (non-hydrogen) atoms. The Bertz CT molecular complexity index is 890. The summed E-state index contributed by atoms with van der Waals surface area (Å²) in [7, 11) is 1.65. The Morgan fingerprint density at radius 2 is 1.88 bits per heavy atom. The zero-order valence-electron chi connectivity index (χ0n) is 14.0. The minimum Gasteiger partial charge on any atom is -0.497 e. The lowest BCUT2D eigenvalue weighted by Crippen LogP contribution is -2.20. The first-order valence-corrected chi connectivity index (χ1v) is 7.88. The number of hydrogen-bond acceptors (Lipinski definition) is 3. The fourth-order valence-corrected chi connectivity index (χ4v) is 2.63. The standard InChI is InChI=1S/C20H20N2O2/c1-13-5-4-10-21-19(13)22-20(23)14(2)15-6-7-17-12-18(24-3)9-8-16(17)11-15/h4-12,14H,1-3H3,(H,21,22,23). The monoisotopic (exact) mass is 320 g/mol. The molecular formula is C20H20N2O2. The van der Waals surface area contributed by atoms with Gasteiger partial charge in [0.15, 0.2) is 0 Å². The first-order chi connectivity index (χ1) is 11.6. The largest absolute Gasteiger partial charge is 0.497 e. The molecule has 3 rings (SSSR count). The van der Waals surface area contributed by atoms with Gasteiger partial charge in [-0.15, -0.1) is 0 Å². The number of pyridine rings is 1. The number of nitrogens with zero attached hydrogens (tertiary/aromatic N) is 1. The highest BCUT2D eigenvalue weighted by Crippen LogP contribution is 2.26. The summed E-state index contributed by atoms with van der Waals surface area (Å²) >= 11 is 0. The molecule has 1 unspecified atom stereocenters. The van der Waals surface area contributed by atoms with Gasteiger partial charge in [0.2, 0.25) is 5.91 Å². The van der Waals surface area contributed by atoms with E-state index in [-0.39, 0.29) is 11.8 Å². The molecule has 0 radical (unpaired) electrons. The van der Waals surface area contributed by atoms with E-state index in [2.05, 4.69) is 10.3 Å². The molecule has 0 aliphatic heterocycles. The van der Waals surface area contributed by atoms with Gasteiger partial charge in [-0.25, -0.2) is 4.98 Å². The normalized spacial score (nSPS) is 12.0. The van der Waals surface area contributed by atoms with Crippen molar-refractivity contribution in [2.75, 3.05) is 12.4 Å². The summed E-state index contributed by atoms with van der Waals surface area (Å²) in [5.74, 6) is 1.11. The average molecular weight is 320 g/mol. The SMILES string of the molecule is COc1ccc2cc(C(C)C(=O)Nc3ncccc3C)ccc2c1. The first kappa shape index (κ1) is 16.0. The highest BCUT2D eigenvalue weighted by atomic mass is 16.5. The maximum absolute atomic E-state index is 12.5. The number of anilines is 1. The number of carbonyl (C=O) groups excluding carboxylic acids is 1. The Hall–Kier alpha value is -2.88. The molecule has 1 amide bonds. The molecular weight excluding hydrogens is 300 g/mol. The predicted octanol–water partition coefficient (Wildman–Crippen LogP) is 4.29. The highest BCUT2D eigenvalue weighted by molar-refractivity contribution is 5.96. The van der Waals surface area contributed by atoms with E-state index in [9.17, 15) is 4.79 Å². The quantitative estimate of drug-likeness (QED) is 0.780. The smallest absolute Gasteiger partial charge is 0.232 e. The van der Waals surface area contributed by atoms with E-state index in [0.29, 0.717) is 5.82 Å². The molecule has 122 valence electrons. The third kappa shape index (κ3) is 3.23. The number of amides is 1. The van der Waals surface area contributed by atoms with Gasteiger partial charge in [-0.05, 0) is 53.9 Å². The Labute approximate surface area is 141 Å². The number of nitrogens with one attached hydrogen (secondary N) is 1. The van der Waals surface area contributed by atoms with E-state index >= 15 is 0 Å². The van der Waals surface area contributed by atoms with Crippen LogP contribution in [0, 0.1) is 6.92 Å². The van der Waals surface area contributed by atoms with E-state index in [0.717, 1.165) is 27.6 Å². The van der Waals surface area contributed by atoms with E-state index in [1.807, 2.05) is 62.4 Å². The van der Waals surface area contributed by atoms with Crippen molar-refractivity contribution in [1.29, 1.82) is 0 Å². The van der Waals surface area contributed by atoms with Gasteiger partial charge >= 0.3 is 0 Å². The zero-order chi connectivity index (χ0) is 17.1. The summed E-state index contributed by atoms with van der Waals surface area (Å²) in [6.07, 6.45) is 1.68. The van der Waals surface area contributed by atoms with Crippen molar-refractivity contribution < 1.29 is 9.53 Å². The molecule has 4 heteroatoms. The van der Waals surface area contributed by atoms with Crippen LogP contribution in [-0.2, 0) is 4.79 Å². The lowest BCUT2D eigenvalue weighted by molar-refractivity contribution is -0.117. The van der Waals surface area contributed by atoms with Crippen molar-refractivity contribution in [2.45, 2.75) is 19.8 Å². The van der Waals surface area contributed by atoms with Crippen LogP contribution >= 0.6 is 0 Å². The van der Waals surface area contributed by atoms with Gasteiger partial charge < -0.3 is 10.1 Å². The Morgan fingerprint density at radius 3 is 2.62 bits per heavy atom. The molecule has 2 aromatic carbocycles. The van der Waals surface area contributed by atoms with Crippen LogP contribution in [0.5, 0.6) is 5.75 Å². The van der Waals surface area contributed by atoms with Crippen LogP contribution in [0.15, 0.2) is 54.7 Å². The minimum absolute atomic E-state index is 0.0651. The Morgan fingerprint density at radius 1 is 1.12 bits per heavy atom. The number of aromatic nitrogens is 1. The number of benzene rings is 2. The number of aryl methyl sites for hydroxylation is 1. The van der Waals surface area contributed by atoms with Crippen LogP contribution in [0.4, 0.5) is 5.82 Å². The number of carbonyl (C=O) groups is 1. The topological polar surface area (TPSA) is 51.2 Å². The molecule has 4 nitrogen and oxygen atoms in total. The summed E-state index contributed by atoms with van der Waals surface area (Å²) in [6, 6.07) is 15.7. The summed E-state index contributed by atoms with van der Waals surface area (Å²) < 4.78 is 5.24. The van der Waals surface area contributed by atoms with Gasteiger partial charge in [0.25, 0.3) is 0 Å². The number of ether oxygens (including phenoxy) is 1. The maximum atomic E-state index is 12.5. The van der Waals surface area contributed by atoms with Crippen molar-refractivity contribution in [2.24, 2.45) is 0 Å². The Kier molecular flexibility index (Phi) is 4.47. The van der Waals surface area contributed by atoms with Crippen molar-refractivity contribution in [3.8, 4) is 5.75 Å². The van der Waals surface area contributed by atoms with Gasteiger partial charge in [-0.2, -0.15) is 0 Å². The minimum atomic E-state index is -0.266. The van der Waals surface area contributed by atoms with Gasteiger partial charge in [0.05, 0.1) is 13.0 Å². The van der Waals surface area contributed by atoms with Gasteiger partial charge in [-0.1, -0.05) is 30.3 Å². The molecule has 1 heterocycles. The number of fused-ring (bicyclic) bond motifs is 1. The summed E-state index contributed by atoms with van der Waals surface area (Å²) in [6.45, 7) is 3.83. The van der Waals surface area contributed by atoms with Crippen molar-refractivity contribution in [1.82, 2.24) is 4.98 Å². The summed E-state index contributed by atoms with van der Waals surface area (Å²) in [5.41, 5.74) is 1.92. The molecule has 1 N–H and O–H groups in total. The molecule has 0 saturated heterocycles. The fourth-order valence-electron chi connectivity index (χ4n) is 2.63. The van der Waals surface area contributed by atoms with Crippen LogP contribution in [0.1, 0.15) is 24.0 Å². The molecule has 0 saturated carbocycles. The zero-order valence-corrected chi connectivity index (χ0v) is 14.0. The summed E-state index contributed by atoms with van der Waals surface area (Å²) in [5, 5.41) is 5.08. The Balaban J connectivity index is 1.83. The molecule has 1 atom stereocenters. The molecule has 3 aromatic rings. The average Bonchev–Trinajstić information content (AvgIpc) is 2.62. The number of rotatable bonds is 4. The highest BCUT2D eigenvalue weighted by Gasteiger charge is 2.17. The maximum Gasteiger partial charge on any atom is 0.232 e. The predicted molar refractivity (Wildman–Crippen MR) is 96.5 cm³/mol. The second-order valence-corrected chi connectivity index (χ2v) is 5.85. The molecule has 0 fully saturated rings. The molecule has 0 spiro atoms. The van der Waals surface area contributed by atoms with Crippen molar-refractivity contribution >= 4 is 22.5 Å². The number of hydrogen-bond donors (Lipinski definition) is 1. The van der Waals surface area contributed by atoms with Gasteiger partial charge in [0, 0.05) is 6.20 Å². The fraction of sp³-hybridized carbons (Fsp3) is 0.200. The lowest BCUT2D eigenvalue weighted by atomic mass is 9.97. The number of methoxy groups -OCH3 is 1. The van der Waals surface area contributed by atoms with E-state index in [4.69, 9.17) is 4.74 Å². The van der Waals surface area contributed by atoms with E-state index < -0.39 is 0 Å². The second-order valence-electron chi connectivity index (χ2n) is 5.85. The van der Waals surface area contributed by atoms with Crippen LogP contribution in [0.25, 0.3) is 10.8 Å². The molecule has 0 bridgehead atoms. The third-order valence-corrected chi connectivity index (χ3v) is 4.22.